The molecular formula is C125H165N11O13. The molecule has 7 aromatic rings. The maximum atomic E-state index is 14.3. The predicted octanol–water partition coefficient (Wildman–Crippen LogP) is 18.7. The van der Waals surface area contributed by atoms with E-state index in [4.69, 9.17) is 24.0 Å². The quantitative estimate of drug-likeness (QED) is 0.0422. The van der Waals surface area contributed by atoms with Crippen molar-refractivity contribution < 1.29 is 63.5 Å². The number of pyridine rings is 1. The van der Waals surface area contributed by atoms with Crippen molar-refractivity contribution in [1.82, 2.24) is 44.4 Å². The Morgan fingerprint density at radius 1 is 0.638 bits per heavy atom. The number of hydrogen-bond acceptors (Lipinski definition) is 22. The number of aryl methyl sites for hydroxylation is 1. The number of nitrogens with zero attached hydrogens (tertiary/aromatic N) is 8. The van der Waals surface area contributed by atoms with E-state index in [1.807, 2.05) is 27.1 Å². The highest BCUT2D eigenvalue weighted by atomic mass is 16.6. The number of Topliss-reactive ketones (excluding diaryl/α,β-unsaturated/α-hetero) is 3. The van der Waals surface area contributed by atoms with E-state index < -0.39 is 62.9 Å². The summed E-state index contributed by atoms with van der Waals surface area (Å²) in [6.45, 7) is 31.9. The van der Waals surface area contributed by atoms with Crippen molar-refractivity contribution in [2.75, 3.05) is 109 Å². The lowest BCUT2D eigenvalue weighted by molar-refractivity contribution is -0.264. The molecule has 14 aliphatic heterocycles. The molecule has 20 aliphatic rings. The number of aromatic amines is 2. The van der Waals surface area contributed by atoms with E-state index in [2.05, 4.69) is 225 Å². The molecule has 17 heterocycles. The van der Waals surface area contributed by atoms with Crippen LogP contribution in [-0.2, 0) is 65.7 Å². The summed E-state index contributed by atoms with van der Waals surface area (Å²) in [5, 5.41) is 57.4. The number of hydrogen-bond donors (Lipinski definition) is 7. The molecule has 8 saturated heterocycles. The number of methoxy groups -OCH3 is 1. The Balaban J connectivity index is 0.000000116. The smallest absolute Gasteiger partial charge is 0.373 e. The first kappa shape index (κ1) is 104. The molecule has 7 bridgehead atoms. The van der Waals surface area contributed by atoms with E-state index >= 15 is 0 Å². The maximum absolute atomic E-state index is 14.3. The molecule has 24 heteroatoms. The zero-order chi connectivity index (χ0) is 104. The van der Waals surface area contributed by atoms with Crippen LogP contribution in [0.25, 0.3) is 38.3 Å². The minimum atomic E-state index is -2.16. The van der Waals surface area contributed by atoms with E-state index in [1.165, 1.54) is 149 Å². The first-order valence-electron chi connectivity index (χ1n) is 57.8. The molecule has 4 unspecified atom stereocenters. The molecule has 27 rings (SSSR count). The maximum Gasteiger partial charge on any atom is 0.373 e. The number of rotatable bonds is 8. The van der Waals surface area contributed by atoms with Crippen LogP contribution in [0, 0.1) is 63.6 Å². The Morgan fingerprint density at radius 3 is 2.13 bits per heavy atom. The summed E-state index contributed by atoms with van der Waals surface area (Å²) in [5.41, 5.74) is 10.1. The number of fused-ring (bicyclic) bond motifs is 12. The number of piperidine rings is 4. The van der Waals surface area contributed by atoms with Gasteiger partial charge in [-0.25, -0.2) is 4.79 Å². The van der Waals surface area contributed by atoms with Crippen LogP contribution in [0.1, 0.15) is 294 Å². The minimum absolute atomic E-state index is 0.00403. The molecule has 0 radical (unpaired) electrons. The van der Waals surface area contributed by atoms with E-state index in [1.54, 1.807) is 5.56 Å². The first-order chi connectivity index (χ1) is 71.7. The van der Waals surface area contributed by atoms with Gasteiger partial charge in [0.15, 0.2) is 6.10 Å². The van der Waals surface area contributed by atoms with Crippen LogP contribution in [0.15, 0.2) is 140 Å². The van der Waals surface area contributed by atoms with Crippen LogP contribution < -0.4 is 10.2 Å². The summed E-state index contributed by atoms with van der Waals surface area (Å²) >= 11 is 0. The highest BCUT2D eigenvalue weighted by Gasteiger charge is 2.81. The van der Waals surface area contributed by atoms with E-state index in [0.29, 0.717) is 65.8 Å². The highest BCUT2D eigenvalue weighted by molar-refractivity contribution is 6.10. The van der Waals surface area contributed by atoms with Crippen LogP contribution in [0.4, 0.5) is 11.4 Å². The molecule has 798 valence electrons. The second-order valence-corrected chi connectivity index (χ2v) is 50.5. The Labute approximate surface area is 881 Å². The molecule has 27 atom stereocenters. The monoisotopic (exact) mass is 2030 g/mol. The first-order valence-corrected chi connectivity index (χ1v) is 57.8. The number of anilines is 2. The van der Waals surface area contributed by atoms with Crippen molar-refractivity contribution in [3.05, 3.63) is 179 Å². The lowest BCUT2D eigenvalue weighted by atomic mass is 9.47. The molecule has 3 aromatic heterocycles. The summed E-state index contributed by atoms with van der Waals surface area (Å²) < 4.78 is 11.7. The third kappa shape index (κ3) is 16.3. The van der Waals surface area contributed by atoms with Crippen LogP contribution in [0.5, 0.6) is 0 Å². The Bertz CT molecular complexity index is 6470. The number of ether oxygens (including phenoxy) is 2. The zero-order valence-electron chi connectivity index (χ0n) is 90.6. The van der Waals surface area contributed by atoms with Crippen molar-refractivity contribution in [2.24, 2.45) is 56.7 Å². The third-order valence-corrected chi connectivity index (χ3v) is 43.1. The van der Waals surface area contributed by atoms with E-state index in [0.717, 1.165) is 220 Å². The van der Waals surface area contributed by atoms with Crippen molar-refractivity contribution in [3.8, 4) is 0 Å². The fourth-order valence-corrected chi connectivity index (χ4v) is 37.2. The molecule has 13 fully saturated rings. The number of nitrogens with one attached hydrogen (secondary N) is 3. The van der Waals surface area contributed by atoms with Crippen LogP contribution in [-0.4, -0.2) is 264 Å². The lowest BCUT2D eigenvalue weighted by Gasteiger charge is -2.63. The van der Waals surface area contributed by atoms with E-state index in [9.17, 15) is 44.4 Å². The van der Waals surface area contributed by atoms with Crippen LogP contribution >= 0.6 is 0 Å². The number of aliphatic hydroxyl groups is 4. The number of aromatic nitrogens is 3. The van der Waals surface area contributed by atoms with Gasteiger partial charge in [0, 0.05) is 191 Å². The fraction of sp³-hybridized carbons (Fsp3) is 0.640. The summed E-state index contributed by atoms with van der Waals surface area (Å²) in [6, 6.07) is 34.4. The Morgan fingerprint density at radius 2 is 1.38 bits per heavy atom. The molecule has 24 nitrogen and oxygen atoms in total. The second-order valence-electron chi connectivity index (χ2n) is 50.5. The third-order valence-electron chi connectivity index (χ3n) is 43.1. The van der Waals surface area contributed by atoms with Crippen molar-refractivity contribution in [2.45, 2.75) is 349 Å². The van der Waals surface area contributed by atoms with Crippen molar-refractivity contribution >= 4 is 85.1 Å². The normalized spacial score (nSPS) is 40.4. The van der Waals surface area contributed by atoms with Gasteiger partial charge in [-0.1, -0.05) is 139 Å². The number of esters is 2. The number of likely N-dealkylation sites (N-methyl/N-ethyl adjacent to an activating group) is 1. The number of carbonyl (C=O) groups is 5. The fourth-order valence-electron chi connectivity index (χ4n) is 37.2. The highest BCUT2D eigenvalue weighted by Crippen LogP contribution is 2.72. The topological polar surface area (TPSA) is 298 Å². The largest absolute Gasteiger partial charge is 0.467 e. The van der Waals surface area contributed by atoms with Gasteiger partial charge < -0.3 is 55.0 Å². The van der Waals surface area contributed by atoms with Gasteiger partial charge in [0.2, 0.25) is 5.60 Å². The summed E-state index contributed by atoms with van der Waals surface area (Å²) in [7, 11) is 3.29. The predicted molar refractivity (Wildman–Crippen MR) is 582 cm³/mol. The van der Waals surface area contributed by atoms with Crippen molar-refractivity contribution in [1.29, 1.82) is 0 Å². The van der Waals surface area contributed by atoms with Crippen LogP contribution in [0.3, 0.4) is 0 Å². The Kier molecular flexibility index (Phi) is 27.8. The van der Waals surface area contributed by atoms with Gasteiger partial charge in [-0.05, 0) is 338 Å². The standard InChI is InChI=1S/C45H58N4O6.C36H44N4O.C19H26N2.C16H25NO2.C8H12O2.CO2/c1-8-42(52)24-29-23-41(5,36-31(15-19-48(25-29)26-42)30-13-10-11-14-34(30)46-36)32-22-33-35(21-27(32)3)47(6)38-44(33)17-20-49-18-12-16-43(9-2,37(44)49)39(55-28(4)50)45(38,53)40(51)54-7;41-36-18-10-4-1-2-5-11-20-39-22-17-30(35(25-39)23-26-13-7-3-6-12-21-40(26)34(35)36)29(24-36)32-33-28(16-19-37-32)27-14-8-9-15-31(27)38-33;1-2-18-9-5-12-21-13-11-19(17(18)21)14-6-3-4-7-15(14)20-16(19)8-10-18;1-11-8-12-9-14(18)13-4-2-6-17-7-3-5-15(12,13)16(17,19)10-11;1-3-8(2)5-6(9)4-7(8)10;2-1-3/h10-14,16,21-22,29,37-39,46,52-53H,8-9,15,17-20,23-26H2,1-7H3;1,4,7-9,13-16,19,24,26,30,34,38,41H,2-3,5-6,10-12,17-18,20-23,25H2;3-4,6-7,16-17,20H,2,5,8-13H2,1H3;11-13,19H,2-10H2,1H3;3-5H2,1-2H3;/b;4-1-,13-7-;;;;/t29-,37+,38-,39-,41-,42+,43-,44-,45+;26-,30-,34+,35-,36-;16-,17-,18-,19-;11-,12+,13-,15+,16+;;/m1011../s1. The molecule has 149 heavy (non-hydrogen) atoms. The zero-order valence-corrected chi connectivity index (χ0v) is 90.6. The molecule has 4 spiro atoms. The molecule has 4 aromatic carbocycles. The van der Waals surface area contributed by atoms with Gasteiger partial charge >= 0.3 is 18.1 Å². The number of para-hydroxylation sites is 3. The van der Waals surface area contributed by atoms with Gasteiger partial charge in [0.25, 0.3) is 0 Å². The number of allylic oxidation sites excluding steroid dienone is 4. The average Bonchev–Trinajstić information content (AvgIpc) is 1.48. The SMILES string of the molecule is CCC1(C)CC(=O)CC1=O.CC[C@@]12CCCN3CC[C@]4(c5ccccc5N[C@@H]4CC1)[C@H]32.CC[C@]1(O)C[C@@H]2CN(CCc3c([nH]c4ccccc34)[C@@](C)(c3cc4c(cc3C)N(C)[C@H]3[C@@](O)(C(=O)OC)[C@H](OC(C)=O)[C@]5(CC)C=CCN6CC[C@]43[C@@H]65)C2)C1.C[C@@H]1C[C@H]2CC(=O)[C@H]3CCCN4CCC[C@]23[C@@]4(O)C1.O=C=O.O[C@]12C=C(c3nccc4c3[nH]c3ccccc34)[C@@H]3CCN(CCCC/C=C\CC1)C[C@@]31C[C@@H]3/C=C\CCCCN3[C@H]12. The molecular weight excluding hydrogens is 1860 g/mol. The molecule has 6 aliphatic carbocycles. The molecule has 5 saturated carbocycles. The van der Waals surface area contributed by atoms with E-state index in [-0.39, 0.29) is 64.3 Å². The van der Waals surface area contributed by atoms with Gasteiger partial charge in [0.1, 0.15) is 23.1 Å². The number of ketones is 3. The number of carbonyl (C=O) groups excluding carboxylic acids is 7. The van der Waals surface area contributed by atoms with Gasteiger partial charge in [-0.3, -0.25) is 48.7 Å². The second kappa shape index (κ2) is 39.7. The average molecular weight is 2030 g/mol. The lowest BCUT2D eigenvalue weighted by Crippen LogP contribution is -2.81. The summed E-state index contributed by atoms with van der Waals surface area (Å²) in [5.74, 6) is 1.18. The molecule has 7 N–H and O–H groups in total. The minimum Gasteiger partial charge on any atom is -0.467 e. The molecule has 0 amide bonds. The summed E-state index contributed by atoms with van der Waals surface area (Å²) in [6.07, 6.45) is 50.0. The van der Waals surface area contributed by atoms with Crippen LogP contribution in [0.2, 0.25) is 0 Å². The van der Waals surface area contributed by atoms with Gasteiger partial charge in [-0.15, -0.1) is 0 Å². The Hall–Kier alpha value is -9.14. The van der Waals surface area contributed by atoms with Gasteiger partial charge in [-0.2, -0.15) is 9.59 Å². The summed E-state index contributed by atoms with van der Waals surface area (Å²) in [4.78, 5) is 109. The van der Waals surface area contributed by atoms with Gasteiger partial charge in [0.05, 0.1) is 48.0 Å². The number of benzene rings is 4. The van der Waals surface area contributed by atoms with Crippen molar-refractivity contribution in [3.63, 3.8) is 0 Å². The number of H-pyrrole nitrogens is 2.